The van der Waals surface area contributed by atoms with Crippen molar-refractivity contribution in [1.82, 2.24) is 14.3 Å². The van der Waals surface area contributed by atoms with E-state index < -0.39 is 22.0 Å². The summed E-state index contributed by atoms with van der Waals surface area (Å²) in [7, 11) is -4.00. The van der Waals surface area contributed by atoms with E-state index in [1.165, 1.54) is 36.8 Å². The first kappa shape index (κ1) is 24.4. The Labute approximate surface area is 196 Å². The van der Waals surface area contributed by atoms with Gasteiger partial charge < -0.3 is 14.6 Å². The molecule has 0 bridgehead atoms. The first-order valence-corrected chi connectivity index (χ1v) is 11.9. The van der Waals surface area contributed by atoms with Gasteiger partial charge in [0, 0.05) is 29.6 Å². The Hall–Kier alpha value is -3.21. The molecule has 0 saturated carbocycles. The van der Waals surface area contributed by atoms with Crippen molar-refractivity contribution >= 4 is 39.2 Å². The van der Waals surface area contributed by atoms with E-state index in [-0.39, 0.29) is 23.8 Å². The van der Waals surface area contributed by atoms with Crippen LogP contribution >= 0.6 is 11.6 Å². The van der Waals surface area contributed by atoms with Gasteiger partial charge in [0.05, 0.1) is 24.3 Å². The fourth-order valence-corrected chi connectivity index (χ4v) is 4.27. The molecule has 2 N–H and O–H groups in total. The summed E-state index contributed by atoms with van der Waals surface area (Å²) in [5, 5.41) is 3.10. The number of hydrogen-bond donors (Lipinski definition) is 2. The molecule has 174 valence electrons. The van der Waals surface area contributed by atoms with Crippen LogP contribution in [0.25, 0.3) is 0 Å². The minimum atomic E-state index is -4.00. The summed E-state index contributed by atoms with van der Waals surface area (Å²) in [5.41, 5.74) is 1.18. The molecule has 0 radical (unpaired) electrons. The van der Waals surface area contributed by atoms with Gasteiger partial charge in [0.2, 0.25) is 15.9 Å². The van der Waals surface area contributed by atoms with Crippen LogP contribution < -0.4 is 10.0 Å². The molecule has 2 aromatic carbocycles. The van der Waals surface area contributed by atoms with Gasteiger partial charge in [-0.25, -0.2) is 13.4 Å². The maximum absolute atomic E-state index is 13.0. The maximum atomic E-state index is 13.0. The number of esters is 1. The molecule has 1 amide bonds. The van der Waals surface area contributed by atoms with Crippen molar-refractivity contribution in [3.05, 3.63) is 77.8 Å². The highest BCUT2D eigenvalue weighted by Crippen LogP contribution is 2.16. The van der Waals surface area contributed by atoms with Crippen LogP contribution in [0.1, 0.15) is 12.5 Å². The average Bonchev–Trinajstić information content (AvgIpc) is 3.28. The van der Waals surface area contributed by atoms with Crippen LogP contribution in [0.15, 0.2) is 72.1 Å². The monoisotopic (exact) mass is 490 g/mol. The van der Waals surface area contributed by atoms with Crippen LogP contribution in [0, 0.1) is 0 Å². The largest absolute Gasteiger partial charge is 0.466 e. The quantitative estimate of drug-likeness (QED) is 0.422. The third-order valence-corrected chi connectivity index (χ3v) is 6.31. The lowest BCUT2D eigenvalue weighted by Crippen LogP contribution is -2.46. The van der Waals surface area contributed by atoms with Gasteiger partial charge in [0.15, 0.2) is 0 Å². The van der Waals surface area contributed by atoms with Gasteiger partial charge in [0.25, 0.3) is 0 Å². The number of aromatic nitrogens is 2. The van der Waals surface area contributed by atoms with E-state index in [2.05, 4.69) is 15.0 Å². The summed E-state index contributed by atoms with van der Waals surface area (Å²) in [4.78, 5) is 28.5. The fourth-order valence-electron chi connectivity index (χ4n) is 2.96. The molecule has 3 aromatic rings. The number of rotatable bonds is 10. The zero-order chi connectivity index (χ0) is 23.8. The molecule has 0 aliphatic rings. The molecule has 0 fully saturated rings. The number of carbonyl (C=O) groups is 2. The second-order valence-corrected chi connectivity index (χ2v) is 9.21. The van der Waals surface area contributed by atoms with Crippen molar-refractivity contribution < 1.29 is 22.7 Å². The summed E-state index contributed by atoms with van der Waals surface area (Å²) < 4.78 is 34.6. The van der Waals surface area contributed by atoms with Crippen molar-refractivity contribution in [1.29, 1.82) is 0 Å². The second kappa shape index (κ2) is 11.1. The van der Waals surface area contributed by atoms with E-state index in [9.17, 15) is 18.0 Å². The minimum absolute atomic E-state index is 0.0151. The van der Waals surface area contributed by atoms with Crippen molar-refractivity contribution in [3.63, 3.8) is 0 Å². The number of imidazole rings is 1. The minimum Gasteiger partial charge on any atom is -0.466 e. The number of carbonyl (C=O) groups excluding carboxylic acids is 2. The van der Waals surface area contributed by atoms with Gasteiger partial charge in [-0.1, -0.05) is 23.7 Å². The summed E-state index contributed by atoms with van der Waals surface area (Å²) in [6.07, 6.45) is 4.76. The molecule has 0 spiro atoms. The number of nitrogens with zero attached hydrogens (tertiary/aromatic N) is 2. The molecule has 0 aliphatic heterocycles. The van der Waals surface area contributed by atoms with Crippen LogP contribution in [-0.2, 0) is 37.3 Å². The first-order valence-electron chi connectivity index (χ1n) is 10.1. The number of halogens is 1. The van der Waals surface area contributed by atoms with Gasteiger partial charge >= 0.3 is 5.97 Å². The van der Waals surface area contributed by atoms with E-state index in [0.29, 0.717) is 17.3 Å². The number of sulfonamides is 1. The summed E-state index contributed by atoms with van der Waals surface area (Å²) in [6.45, 7) is 2.06. The molecular formula is C22H23ClN4O5S. The number of anilines is 1. The molecule has 33 heavy (non-hydrogen) atoms. The van der Waals surface area contributed by atoms with Crippen LogP contribution in [0.5, 0.6) is 0 Å². The van der Waals surface area contributed by atoms with Crippen molar-refractivity contribution in [2.75, 3.05) is 11.9 Å². The van der Waals surface area contributed by atoms with Gasteiger partial charge in [-0.05, 0) is 48.9 Å². The van der Waals surface area contributed by atoms with E-state index in [1.54, 1.807) is 42.0 Å². The fraction of sp³-hybridized carbons (Fsp3) is 0.227. The Morgan fingerprint density at radius 3 is 2.42 bits per heavy atom. The maximum Gasteiger partial charge on any atom is 0.310 e. The molecule has 3 rings (SSSR count). The van der Waals surface area contributed by atoms with Gasteiger partial charge in [-0.3, -0.25) is 9.59 Å². The molecule has 0 aliphatic carbocycles. The third kappa shape index (κ3) is 7.14. The molecule has 1 heterocycles. The van der Waals surface area contributed by atoms with E-state index in [1.807, 2.05) is 0 Å². The molecule has 1 atom stereocenters. The lowest BCUT2D eigenvalue weighted by atomic mass is 10.1. The van der Waals surface area contributed by atoms with Crippen LogP contribution in [-0.4, -0.2) is 42.5 Å². The Bertz CT molecular complexity index is 1180. The number of amides is 1. The molecule has 1 aromatic heterocycles. The summed E-state index contributed by atoms with van der Waals surface area (Å²) >= 11 is 5.84. The number of benzene rings is 2. The topological polar surface area (TPSA) is 119 Å². The molecule has 0 unspecified atom stereocenters. The normalized spacial score (nSPS) is 12.2. The smallest absolute Gasteiger partial charge is 0.310 e. The highest BCUT2D eigenvalue weighted by Gasteiger charge is 2.26. The molecule has 0 saturated heterocycles. The van der Waals surface area contributed by atoms with Gasteiger partial charge in [-0.15, -0.1) is 0 Å². The zero-order valence-electron chi connectivity index (χ0n) is 17.8. The SMILES string of the molecule is CCOC(=O)Cc1ccc(NC(=O)[C@H](Cn2ccnc2)NS(=O)(=O)c2ccc(Cl)cc2)cc1. The van der Waals surface area contributed by atoms with Gasteiger partial charge in [-0.2, -0.15) is 4.72 Å². The molecular weight excluding hydrogens is 468 g/mol. The number of hydrogen-bond acceptors (Lipinski definition) is 6. The Kier molecular flexibility index (Phi) is 8.21. The Morgan fingerprint density at radius 1 is 1.12 bits per heavy atom. The first-order chi connectivity index (χ1) is 15.8. The average molecular weight is 491 g/mol. The molecule has 9 nitrogen and oxygen atoms in total. The number of nitrogens with one attached hydrogen (secondary N) is 2. The van der Waals surface area contributed by atoms with Crippen LogP contribution in [0.3, 0.4) is 0 Å². The number of ether oxygens (including phenoxy) is 1. The predicted octanol–water partition coefficient (Wildman–Crippen LogP) is 2.63. The lowest BCUT2D eigenvalue weighted by molar-refractivity contribution is -0.142. The highest BCUT2D eigenvalue weighted by atomic mass is 35.5. The summed E-state index contributed by atoms with van der Waals surface area (Å²) in [5.74, 6) is -0.898. The van der Waals surface area contributed by atoms with Crippen molar-refractivity contribution in [2.45, 2.75) is 30.8 Å². The lowest BCUT2D eigenvalue weighted by Gasteiger charge is -2.19. The van der Waals surface area contributed by atoms with Crippen molar-refractivity contribution in [2.24, 2.45) is 0 Å². The standard InChI is InChI=1S/C22H23ClN4O5S/c1-2-32-21(28)13-16-3-7-18(8-4-16)25-22(29)20(14-27-12-11-24-15-27)26-33(30,31)19-9-5-17(23)6-10-19/h3-12,15,20,26H,2,13-14H2,1H3,(H,25,29)/t20-/m0/s1. The Morgan fingerprint density at radius 2 is 1.82 bits per heavy atom. The zero-order valence-corrected chi connectivity index (χ0v) is 19.3. The predicted molar refractivity (Wildman–Crippen MR) is 123 cm³/mol. The van der Waals surface area contributed by atoms with E-state index in [4.69, 9.17) is 16.3 Å². The van der Waals surface area contributed by atoms with E-state index in [0.717, 1.165) is 5.56 Å². The molecule has 11 heteroatoms. The van der Waals surface area contributed by atoms with Crippen LogP contribution in [0.4, 0.5) is 5.69 Å². The van der Waals surface area contributed by atoms with Crippen molar-refractivity contribution in [3.8, 4) is 0 Å². The van der Waals surface area contributed by atoms with Crippen LogP contribution in [0.2, 0.25) is 5.02 Å². The van der Waals surface area contributed by atoms with E-state index >= 15 is 0 Å². The summed E-state index contributed by atoms with van der Waals surface area (Å²) in [6, 6.07) is 11.2. The third-order valence-electron chi connectivity index (χ3n) is 4.57. The Balaban J connectivity index is 1.74. The van der Waals surface area contributed by atoms with Gasteiger partial charge in [0.1, 0.15) is 6.04 Å². The highest BCUT2D eigenvalue weighted by molar-refractivity contribution is 7.89. The second-order valence-electron chi connectivity index (χ2n) is 7.06.